The van der Waals surface area contributed by atoms with Crippen LogP contribution >= 0.6 is 0 Å². The molecule has 0 radical (unpaired) electrons. The number of rotatable bonds is 3. The van der Waals surface area contributed by atoms with Gasteiger partial charge in [0, 0.05) is 17.7 Å². The van der Waals surface area contributed by atoms with Gasteiger partial charge in [0.25, 0.3) is 5.78 Å². The number of aromatic nitrogens is 4. The molecule has 0 saturated heterocycles. The normalized spacial score (nSPS) is 15.9. The van der Waals surface area contributed by atoms with Gasteiger partial charge in [-0.1, -0.05) is 19.3 Å². The fourth-order valence-corrected chi connectivity index (χ4v) is 3.32. The lowest BCUT2D eigenvalue weighted by Crippen LogP contribution is -2.06. The van der Waals surface area contributed by atoms with Gasteiger partial charge >= 0.3 is 0 Å². The number of hydrogen-bond donors (Lipinski definition) is 0. The second kappa shape index (κ2) is 5.99. The van der Waals surface area contributed by atoms with Crippen molar-refractivity contribution in [2.24, 2.45) is 0 Å². The van der Waals surface area contributed by atoms with Gasteiger partial charge in [-0.2, -0.15) is 9.50 Å². The van der Waals surface area contributed by atoms with Crippen LogP contribution < -0.4 is 4.74 Å². The topological polar surface area (TPSA) is 52.3 Å². The standard InChI is InChI=1S/C18H20N4O/c1-23-15-9-7-13(8-10-15)16-11-12-19-18-20-17(21-22(16)18)14-5-3-2-4-6-14/h7-12,14H,2-6H2,1H3. The minimum Gasteiger partial charge on any atom is -0.497 e. The Balaban J connectivity index is 1.75. The second-order valence-corrected chi connectivity index (χ2v) is 6.08. The monoisotopic (exact) mass is 308 g/mol. The van der Waals surface area contributed by atoms with E-state index in [-0.39, 0.29) is 0 Å². The highest BCUT2D eigenvalue weighted by molar-refractivity contribution is 5.62. The zero-order valence-electron chi connectivity index (χ0n) is 13.3. The predicted molar refractivity (Wildman–Crippen MR) is 88.6 cm³/mol. The molecule has 0 atom stereocenters. The highest BCUT2D eigenvalue weighted by Crippen LogP contribution is 2.31. The molecule has 1 aliphatic carbocycles. The SMILES string of the molecule is COc1ccc(-c2ccnc3nc(C4CCCCC4)nn23)cc1. The Morgan fingerprint density at radius 1 is 1.04 bits per heavy atom. The molecule has 1 aromatic carbocycles. The number of methoxy groups -OCH3 is 1. The Labute approximate surface area is 135 Å². The number of benzene rings is 1. The third-order valence-electron chi connectivity index (χ3n) is 4.61. The zero-order chi connectivity index (χ0) is 15.6. The third-order valence-corrected chi connectivity index (χ3v) is 4.61. The highest BCUT2D eigenvalue weighted by atomic mass is 16.5. The molecule has 1 aliphatic rings. The molecule has 3 aromatic rings. The van der Waals surface area contributed by atoms with Crippen molar-refractivity contribution in [2.75, 3.05) is 7.11 Å². The van der Waals surface area contributed by atoms with Crippen molar-refractivity contribution in [2.45, 2.75) is 38.0 Å². The van der Waals surface area contributed by atoms with Crippen LogP contribution in [0.15, 0.2) is 36.5 Å². The maximum atomic E-state index is 5.23. The molecule has 5 heteroatoms. The molecule has 0 aliphatic heterocycles. The van der Waals surface area contributed by atoms with Gasteiger partial charge in [-0.3, -0.25) is 0 Å². The third kappa shape index (κ3) is 2.67. The smallest absolute Gasteiger partial charge is 0.252 e. The molecule has 0 N–H and O–H groups in total. The van der Waals surface area contributed by atoms with Gasteiger partial charge in [0.05, 0.1) is 12.8 Å². The van der Waals surface area contributed by atoms with Gasteiger partial charge in [-0.15, -0.1) is 5.10 Å². The molecule has 2 heterocycles. The number of ether oxygens (including phenoxy) is 1. The van der Waals surface area contributed by atoms with Gasteiger partial charge in [-0.25, -0.2) is 4.98 Å². The van der Waals surface area contributed by atoms with E-state index in [0.717, 1.165) is 22.8 Å². The lowest BCUT2D eigenvalue weighted by Gasteiger charge is -2.17. The lowest BCUT2D eigenvalue weighted by atomic mass is 9.89. The van der Waals surface area contributed by atoms with E-state index >= 15 is 0 Å². The Morgan fingerprint density at radius 3 is 2.57 bits per heavy atom. The molecule has 0 amide bonds. The van der Waals surface area contributed by atoms with Gasteiger partial charge in [0.15, 0.2) is 5.82 Å². The van der Waals surface area contributed by atoms with Crippen LogP contribution in [-0.2, 0) is 0 Å². The van der Waals surface area contributed by atoms with E-state index in [1.807, 2.05) is 34.8 Å². The molecule has 2 aromatic heterocycles. The van der Waals surface area contributed by atoms with Gasteiger partial charge in [0.1, 0.15) is 5.75 Å². The zero-order valence-corrected chi connectivity index (χ0v) is 13.3. The summed E-state index contributed by atoms with van der Waals surface area (Å²) in [5.41, 5.74) is 2.09. The molecule has 0 bridgehead atoms. The number of nitrogens with zero attached hydrogens (tertiary/aromatic N) is 4. The summed E-state index contributed by atoms with van der Waals surface area (Å²) in [7, 11) is 1.67. The van der Waals surface area contributed by atoms with Crippen molar-refractivity contribution in [3.8, 4) is 17.0 Å². The number of fused-ring (bicyclic) bond motifs is 1. The van der Waals surface area contributed by atoms with Crippen molar-refractivity contribution < 1.29 is 4.74 Å². The van der Waals surface area contributed by atoms with Crippen LogP contribution in [0, 0.1) is 0 Å². The quantitative estimate of drug-likeness (QED) is 0.737. The summed E-state index contributed by atoms with van der Waals surface area (Å²) in [4.78, 5) is 9.05. The van der Waals surface area contributed by atoms with Crippen LogP contribution in [0.25, 0.3) is 17.0 Å². The first-order valence-electron chi connectivity index (χ1n) is 8.21. The summed E-state index contributed by atoms with van der Waals surface area (Å²) in [6.45, 7) is 0. The molecule has 4 rings (SSSR count). The first-order chi connectivity index (χ1) is 11.3. The van der Waals surface area contributed by atoms with E-state index in [4.69, 9.17) is 9.84 Å². The van der Waals surface area contributed by atoms with Crippen LogP contribution in [-0.4, -0.2) is 26.7 Å². The van der Waals surface area contributed by atoms with Crippen LogP contribution in [0.1, 0.15) is 43.8 Å². The summed E-state index contributed by atoms with van der Waals surface area (Å²) in [6.07, 6.45) is 8.06. The van der Waals surface area contributed by atoms with Crippen LogP contribution in [0.4, 0.5) is 0 Å². The van der Waals surface area contributed by atoms with Crippen molar-refractivity contribution in [3.05, 3.63) is 42.4 Å². The van der Waals surface area contributed by atoms with Crippen molar-refractivity contribution in [3.63, 3.8) is 0 Å². The minimum absolute atomic E-state index is 0.481. The van der Waals surface area contributed by atoms with Gasteiger partial charge in [0.2, 0.25) is 0 Å². The molecule has 0 spiro atoms. The Morgan fingerprint density at radius 2 is 1.83 bits per heavy atom. The maximum Gasteiger partial charge on any atom is 0.252 e. The summed E-state index contributed by atoms with van der Waals surface area (Å²) >= 11 is 0. The molecule has 23 heavy (non-hydrogen) atoms. The van der Waals surface area contributed by atoms with Crippen molar-refractivity contribution >= 4 is 5.78 Å². The van der Waals surface area contributed by atoms with E-state index in [1.54, 1.807) is 13.3 Å². The van der Waals surface area contributed by atoms with Gasteiger partial charge in [-0.05, 0) is 43.2 Å². The van der Waals surface area contributed by atoms with Crippen LogP contribution in [0.2, 0.25) is 0 Å². The molecular weight excluding hydrogens is 288 g/mol. The van der Waals surface area contributed by atoms with Crippen LogP contribution in [0.5, 0.6) is 5.75 Å². The molecule has 0 unspecified atom stereocenters. The Bertz CT molecular complexity index is 804. The van der Waals surface area contributed by atoms with E-state index in [0.29, 0.717) is 11.7 Å². The van der Waals surface area contributed by atoms with E-state index in [1.165, 1.54) is 32.1 Å². The molecule has 118 valence electrons. The Hall–Kier alpha value is -2.43. The predicted octanol–water partition coefficient (Wildman–Crippen LogP) is 3.85. The Kier molecular flexibility index (Phi) is 3.69. The first kappa shape index (κ1) is 14.2. The summed E-state index contributed by atoms with van der Waals surface area (Å²) in [5.74, 6) is 2.95. The molecule has 1 fully saturated rings. The van der Waals surface area contributed by atoms with Gasteiger partial charge < -0.3 is 4.74 Å². The van der Waals surface area contributed by atoms with E-state index in [2.05, 4.69) is 9.97 Å². The fourth-order valence-electron chi connectivity index (χ4n) is 3.32. The molecule has 5 nitrogen and oxygen atoms in total. The van der Waals surface area contributed by atoms with E-state index in [9.17, 15) is 0 Å². The minimum atomic E-state index is 0.481. The summed E-state index contributed by atoms with van der Waals surface area (Å²) < 4.78 is 7.10. The maximum absolute atomic E-state index is 5.23. The number of hydrogen-bond acceptors (Lipinski definition) is 4. The van der Waals surface area contributed by atoms with Crippen molar-refractivity contribution in [1.82, 2.24) is 19.6 Å². The molecule has 1 saturated carbocycles. The lowest BCUT2D eigenvalue weighted by molar-refractivity contribution is 0.415. The molecular formula is C18H20N4O. The fraction of sp³-hybridized carbons (Fsp3) is 0.389. The summed E-state index contributed by atoms with van der Waals surface area (Å²) in [5, 5.41) is 4.77. The van der Waals surface area contributed by atoms with Crippen molar-refractivity contribution in [1.29, 1.82) is 0 Å². The highest BCUT2D eigenvalue weighted by Gasteiger charge is 2.21. The van der Waals surface area contributed by atoms with Crippen LogP contribution in [0.3, 0.4) is 0 Å². The first-order valence-corrected chi connectivity index (χ1v) is 8.21. The second-order valence-electron chi connectivity index (χ2n) is 6.08. The average Bonchev–Trinajstić information content (AvgIpc) is 3.07. The largest absolute Gasteiger partial charge is 0.497 e. The average molecular weight is 308 g/mol. The summed E-state index contributed by atoms with van der Waals surface area (Å²) in [6, 6.07) is 9.97. The van der Waals surface area contributed by atoms with E-state index < -0.39 is 0 Å².